The molecule has 0 radical (unpaired) electrons. The van der Waals surface area contributed by atoms with Crippen molar-refractivity contribution < 1.29 is 4.79 Å². The first kappa shape index (κ1) is 17.8. The number of hydrogen-bond acceptors (Lipinski definition) is 4. The van der Waals surface area contributed by atoms with E-state index in [0.29, 0.717) is 12.1 Å². The molecule has 0 saturated heterocycles. The first-order valence-corrected chi connectivity index (χ1v) is 7.99. The minimum absolute atomic E-state index is 0.0988. The fourth-order valence-corrected chi connectivity index (χ4v) is 2.05. The van der Waals surface area contributed by atoms with Gasteiger partial charge in [-0.25, -0.2) is 4.68 Å². The molecular weight excluding hydrogens is 264 g/mol. The third-order valence-electron chi connectivity index (χ3n) is 3.55. The Labute approximate surface area is 128 Å². The smallest absolute Gasteiger partial charge is 0.184 e. The lowest BCUT2D eigenvalue weighted by Crippen LogP contribution is -2.22. The van der Waals surface area contributed by atoms with E-state index in [4.69, 9.17) is 0 Å². The molecule has 1 aromatic heterocycles. The van der Waals surface area contributed by atoms with Crippen molar-refractivity contribution in [1.29, 1.82) is 0 Å². The zero-order chi connectivity index (χ0) is 15.9. The first-order chi connectivity index (χ1) is 9.84. The van der Waals surface area contributed by atoms with Gasteiger partial charge in [-0.3, -0.25) is 4.79 Å². The summed E-state index contributed by atoms with van der Waals surface area (Å²) >= 11 is 0. The highest BCUT2D eigenvalue weighted by molar-refractivity contribution is 5.93. The molecule has 0 aromatic carbocycles. The van der Waals surface area contributed by atoms with Gasteiger partial charge in [-0.1, -0.05) is 18.6 Å². The Hall–Kier alpha value is -1.23. The van der Waals surface area contributed by atoms with Gasteiger partial charge in [0.2, 0.25) is 0 Å². The molecule has 0 spiro atoms. The van der Waals surface area contributed by atoms with E-state index < -0.39 is 0 Å². The number of Topliss-reactive ketones (excluding diaryl/α,β-unsaturated/α-hetero) is 1. The number of ketones is 1. The molecule has 5 nitrogen and oxygen atoms in total. The lowest BCUT2D eigenvalue weighted by molar-refractivity contribution is 0.0973. The zero-order valence-corrected chi connectivity index (χ0v) is 14.2. The molecule has 120 valence electrons. The quantitative estimate of drug-likeness (QED) is 0.518. The summed E-state index contributed by atoms with van der Waals surface area (Å²) in [6, 6.07) is 0. The van der Waals surface area contributed by atoms with Crippen LogP contribution in [0.3, 0.4) is 0 Å². The fourth-order valence-electron chi connectivity index (χ4n) is 2.05. The summed E-state index contributed by atoms with van der Waals surface area (Å²) < 4.78 is 1.75. The van der Waals surface area contributed by atoms with Crippen LogP contribution >= 0.6 is 0 Å². The third-order valence-corrected chi connectivity index (χ3v) is 3.55. The molecule has 1 heterocycles. The van der Waals surface area contributed by atoms with E-state index in [1.54, 1.807) is 10.9 Å². The second-order valence-electron chi connectivity index (χ2n) is 6.76. The Kier molecular flexibility index (Phi) is 7.02. The maximum Gasteiger partial charge on any atom is 0.184 e. The SMILES string of the molecule is CCCCN(C)CCCCC(=O)c1cn(C(C)(C)C)nn1. The largest absolute Gasteiger partial charge is 0.306 e. The highest BCUT2D eigenvalue weighted by Gasteiger charge is 2.17. The van der Waals surface area contributed by atoms with Crippen LogP contribution in [0.4, 0.5) is 0 Å². The maximum absolute atomic E-state index is 12.1. The van der Waals surface area contributed by atoms with Crippen molar-refractivity contribution >= 4 is 5.78 Å². The van der Waals surface area contributed by atoms with Crippen molar-refractivity contribution in [1.82, 2.24) is 19.9 Å². The standard InChI is InChI=1S/C16H30N4O/c1-6-7-11-19(5)12-9-8-10-15(21)14-13-20(18-17-14)16(2,3)4/h13H,6-12H2,1-5H3. The van der Waals surface area contributed by atoms with Gasteiger partial charge >= 0.3 is 0 Å². The van der Waals surface area contributed by atoms with Crippen LogP contribution in [-0.2, 0) is 5.54 Å². The molecule has 1 rings (SSSR count). The molecule has 0 atom stereocenters. The van der Waals surface area contributed by atoms with E-state index in [1.165, 1.54) is 12.8 Å². The van der Waals surface area contributed by atoms with Crippen LogP contribution in [0.25, 0.3) is 0 Å². The Morgan fingerprint density at radius 1 is 1.24 bits per heavy atom. The molecule has 0 aliphatic carbocycles. The second-order valence-corrected chi connectivity index (χ2v) is 6.76. The van der Waals surface area contributed by atoms with Crippen molar-refractivity contribution in [3.05, 3.63) is 11.9 Å². The molecule has 0 aliphatic rings. The highest BCUT2D eigenvalue weighted by Crippen LogP contribution is 2.13. The number of hydrogen-bond donors (Lipinski definition) is 0. The molecule has 0 fully saturated rings. The molecule has 0 bridgehead atoms. The lowest BCUT2D eigenvalue weighted by Gasteiger charge is -2.17. The van der Waals surface area contributed by atoms with Gasteiger partial charge in [-0.2, -0.15) is 0 Å². The Morgan fingerprint density at radius 3 is 2.48 bits per heavy atom. The molecule has 0 saturated carbocycles. The van der Waals surface area contributed by atoms with Crippen molar-refractivity contribution in [3.63, 3.8) is 0 Å². The van der Waals surface area contributed by atoms with Crippen molar-refractivity contribution in [2.45, 2.75) is 65.3 Å². The number of unbranched alkanes of at least 4 members (excludes halogenated alkanes) is 2. The monoisotopic (exact) mass is 294 g/mol. The van der Waals surface area contributed by atoms with Gasteiger partial charge in [0.05, 0.1) is 11.7 Å². The number of carbonyl (C=O) groups is 1. The summed E-state index contributed by atoms with van der Waals surface area (Å²) in [5, 5.41) is 8.03. The highest BCUT2D eigenvalue weighted by atomic mass is 16.1. The molecule has 1 aromatic rings. The van der Waals surface area contributed by atoms with Gasteiger partial charge in [-0.15, -0.1) is 5.10 Å². The van der Waals surface area contributed by atoms with Crippen LogP contribution < -0.4 is 0 Å². The van der Waals surface area contributed by atoms with Crippen LogP contribution in [0.5, 0.6) is 0 Å². The van der Waals surface area contributed by atoms with Gasteiger partial charge in [0.15, 0.2) is 5.78 Å². The van der Waals surface area contributed by atoms with Gasteiger partial charge in [0.1, 0.15) is 5.69 Å². The van der Waals surface area contributed by atoms with Gasteiger partial charge in [0, 0.05) is 6.42 Å². The average molecular weight is 294 g/mol. The lowest BCUT2D eigenvalue weighted by atomic mass is 10.1. The summed E-state index contributed by atoms with van der Waals surface area (Å²) in [5.74, 6) is 0.0988. The summed E-state index contributed by atoms with van der Waals surface area (Å²) in [4.78, 5) is 14.4. The van der Waals surface area contributed by atoms with Crippen LogP contribution in [0, 0.1) is 0 Å². The van der Waals surface area contributed by atoms with Crippen molar-refractivity contribution in [2.24, 2.45) is 0 Å². The predicted octanol–water partition coefficient (Wildman–Crippen LogP) is 3.12. The summed E-state index contributed by atoms with van der Waals surface area (Å²) in [6.45, 7) is 10.5. The molecule has 21 heavy (non-hydrogen) atoms. The van der Waals surface area contributed by atoms with Crippen molar-refractivity contribution in [2.75, 3.05) is 20.1 Å². The van der Waals surface area contributed by atoms with E-state index in [1.807, 2.05) is 20.8 Å². The molecular formula is C16H30N4O. The number of nitrogens with zero attached hydrogens (tertiary/aromatic N) is 4. The Balaban J connectivity index is 2.29. The summed E-state index contributed by atoms with van der Waals surface area (Å²) in [7, 11) is 2.15. The second kappa shape index (κ2) is 8.27. The topological polar surface area (TPSA) is 51.0 Å². The molecule has 5 heteroatoms. The van der Waals surface area contributed by atoms with Crippen LogP contribution in [0.15, 0.2) is 6.20 Å². The molecule has 0 aliphatic heterocycles. The molecule has 0 N–H and O–H groups in total. The Bertz CT molecular complexity index is 434. The van der Waals surface area contributed by atoms with Gasteiger partial charge in [0.25, 0.3) is 0 Å². The minimum Gasteiger partial charge on any atom is -0.306 e. The van der Waals surface area contributed by atoms with Crippen molar-refractivity contribution in [3.8, 4) is 0 Å². The fraction of sp³-hybridized carbons (Fsp3) is 0.812. The molecule has 0 amide bonds. The zero-order valence-electron chi connectivity index (χ0n) is 14.2. The number of aromatic nitrogens is 3. The van der Waals surface area contributed by atoms with E-state index in [-0.39, 0.29) is 11.3 Å². The van der Waals surface area contributed by atoms with E-state index in [9.17, 15) is 4.79 Å². The normalized spacial score (nSPS) is 12.1. The van der Waals surface area contributed by atoms with E-state index >= 15 is 0 Å². The third kappa shape index (κ3) is 6.38. The Morgan fingerprint density at radius 2 is 1.90 bits per heavy atom. The minimum atomic E-state index is -0.131. The maximum atomic E-state index is 12.1. The number of rotatable bonds is 9. The average Bonchev–Trinajstić information content (AvgIpc) is 2.90. The van der Waals surface area contributed by atoms with Gasteiger partial charge in [-0.05, 0) is 60.2 Å². The molecule has 0 unspecified atom stereocenters. The number of carbonyl (C=O) groups excluding carboxylic acids is 1. The first-order valence-electron chi connectivity index (χ1n) is 7.99. The summed E-state index contributed by atoms with van der Waals surface area (Å²) in [6.07, 6.45) is 6.76. The summed E-state index contributed by atoms with van der Waals surface area (Å²) in [5.41, 5.74) is 0.359. The van der Waals surface area contributed by atoms with E-state index in [2.05, 4.69) is 29.2 Å². The van der Waals surface area contributed by atoms with Gasteiger partial charge < -0.3 is 4.90 Å². The van der Waals surface area contributed by atoms with E-state index in [0.717, 1.165) is 25.9 Å². The van der Waals surface area contributed by atoms with Crippen LogP contribution in [-0.4, -0.2) is 45.8 Å². The van der Waals surface area contributed by atoms with Crippen LogP contribution in [0.1, 0.15) is 70.3 Å². The predicted molar refractivity (Wildman–Crippen MR) is 85.6 cm³/mol. The van der Waals surface area contributed by atoms with Crippen LogP contribution in [0.2, 0.25) is 0 Å².